The summed E-state index contributed by atoms with van der Waals surface area (Å²) in [6.45, 7) is 3.22. The molecule has 34 heavy (non-hydrogen) atoms. The Morgan fingerprint density at radius 1 is 1.03 bits per heavy atom. The minimum atomic E-state index is -0.656. The summed E-state index contributed by atoms with van der Waals surface area (Å²) in [4.78, 5) is 28.0. The van der Waals surface area contributed by atoms with E-state index in [-0.39, 0.29) is 24.3 Å². The molecule has 0 spiro atoms. The largest absolute Gasteiger partial charge is 0.497 e. The molecule has 0 radical (unpaired) electrons. The second-order valence-electron chi connectivity index (χ2n) is 8.29. The molecule has 0 unspecified atom stereocenters. The van der Waals surface area contributed by atoms with E-state index in [1.54, 1.807) is 45.3 Å². The molecule has 8 heteroatoms. The predicted octanol–water partition coefficient (Wildman–Crippen LogP) is 2.97. The molecule has 2 amide bonds. The second kappa shape index (κ2) is 12.3. The van der Waals surface area contributed by atoms with Gasteiger partial charge in [0.1, 0.15) is 11.8 Å². The third-order valence-electron chi connectivity index (χ3n) is 6.01. The van der Waals surface area contributed by atoms with Gasteiger partial charge in [-0.1, -0.05) is 18.2 Å². The van der Waals surface area contributed by atoms with Gasteiger partial charge in [0, 0.05) is 19.7 Å². The van der Waals surface area contributed by atoms with Gasteiger partial charge in [0.25, 0.3) is 0 Å². The van der Waals surface area contributed by atoms with E-state index in [1.807, 2.05) is 30.3 Å². The van der Waals surface area contributed by atoms with Crippen molar-refractivity contribution in [1.29, 1.82) is 0 Å². The fraction of sp³-hybridized carbons (Fsp3) is 0.462. The molecule has 3 rings (SSSR count). The van der Waals surface area contributed by atoms with Crippen molar-refractivity contribution in [3.63, 3.8) is 0 Å². The molecule has 0 saturated carbocycles. The van der Waals surface area contributed by atoms with Crippen LogP contribution < -0.4 is 19.5 Å². The first-order valence-electron chi connectivity index (χ1n) is 11.5. The van der Waals surface area contributed by atoms with Crippen LogP contribution in [0, 0.1) is 0 Å². The van der Waals surface area contributed by atoms with E-state index in [0.29, 0.717) is 24.6 Å². The van der Waals surface area contributed by atoms with E-state index < -0.39 is 6.04 Å². The summed E-state index contributed by atoms with van der Waals surface area (Å²) in [7, 11) is 4.73. The summed E-state index contributed by atoms with van der Waals surface area (Å²) >= 11 is 0. The molecule has 1 saturated heterocycles. The number of nitrogens with one attached hydrogen (secondary N) is 1. The van der Waals surface area contributed by atoms with Crippen LogP contribution in [0.3, 0.4) is 0 Å². The molecule has 2 aromatic rings. The van der Waals surface area contributed by atoms with E-state index in [9.17, 15) is 9.59 Å². The molecular weight excluding hydrogens is 436 g/mol. The normalized spacial score (nSPS) is 15.9. The zero-order valence-electron chi connectivity index (χ0n) is 20.3. The highest BCUT2D eigenvalue weighted by atomic mass is 16.5. The second-order valence-corrected chi connectivity index (χ2v) is 8.29. The maximum Gasteiger partial charge on any atom is 0.242 e. The number of rotatable bonds is 11. The lowest BCUT2D eigenvalue weighted by atomic mass is 10.1. The maximum atomic E-state index is 13.4. The van der Waals surface area contributed by atoms with E-state index >= 15 is 0 Å². The Morgan fingerprint density at radius 3 is 2.35 bits per heavy atom. The number of nitrogens with zero attached hydrogens (tertiary/aromatic N) is 1. The van der Waals surface area contributed by atoms with Crippen LogP contribution in [0.5, 0.6) is 17.2 Å². The molecule has 2 aromatic carbocycles. The number of ether oxygens (including phenoxy) is 4. The van der Waals surface area contributed by atoms with Crippen molar-refractivity contribution in [2.24, 2.45) is 0 Å². The molecule has 8 nitrogen and oxygen atoms in total. The van der Waals surface area contributed by atoms with Gasteiger partial charge >= 0.3 is 0 Å². The van der Waals surface area contributed by atoms with E-state index in [4.69, 9.17) is 18.9 Å². The lowest BCUT2D eigenvalue weighted by Gasteiger charge is -2.29. The van der Waals surface area contributed by atoms with Gasteiger partial charge in [-0.25, -0.2) is 0 Å². The van der Waals surface area contributed by atoms with Crippen molar-refractivity contribution in [3.8, 4) is 17.2 Å². The SMILES string of the molecule is COc1ccc(CN(C(=O)Cc2ccc(OC)c(OC)c2)[C@@H](C)C(=O)NC[C@H]2CCCO2)cc1. The van der Waals surface area contributed by atoms with Crippen LogP contribution in [0.2, 0.25) is 0 Å². The summed E-state index contributed by atoms with van der Waals surface area (Å²) in [5.41, 5.74) is 1.68. The number of benzene rings is 2. The van der Waals surface area contributed by atoms with Crippen molar-refractivity contribution < 1.29 is 28.5 Å². The molecule has 1 N–H and O–H groups in total. The third-order valence-corrected chi connectivity index (χ3v) is 6.01. The standard InChI is InChI=1S/C26H34N2O6/c1-18(26(30)27-16-22-6-5-13-34-22)28(17-19-7-10-21(31-2)11-8-19)25(29)15-20-9-12-23(32-3)24(14-20)33-4/h7-12,14,18,22H,5-6,13,15-17H2,1-4H3,(H,27,30)/t18-,22+/m0/s1. The molecule has 2 atom stereocenters. The van der Waals surface area contributed by atoms with Crippen LogP contribution in [-0.4, -0.2) is 63.3 Å². The number of amides is 2. The topological polar surface area (TPSA) is 86.3 Å². The third kappa shape index (κ3) is 6.63. The van der Waals surface area contributed by atoms with Crippen LogP contribution in [-0.2, 0) is 27.3 Å². The Bertz CT molecular complexity index is 956. The van der Waals surface area contributed by atoms with Gasteiger partial charge in [-0.15, -0.1) is 0 Å². The Labute approximate surface area is 201 Å². The fourth-order valence-corrected chi connectivity index (χ4v) is 3.94. The smallest absolute Gasteiger partial charge is 0.242 e. The highest BCUT2D eigenvalue weighted by Gasteiger charge is 2.27. The van der Waals surface area contributed by atoms with Crippen LogP contribution in [0.15, 0.2) is 42.5 Å². The van der Waals surface area contributed by atoms with Crippen LogP contribution in [0.4, 0.5) is 0 Å². The monoisotopic (exact) mass is 470 g/mol. The van der Waals surface area contributed by atoms with E-state index in [1.165, 1.54) is 0 Å². The van der Waals surface area contributed by atoms with Crippen molar-refractivity contribution >= 4 is 11.8 Å². The van der Waals surface area contributed by atoms with Gasteiger partial charge in [-0.3, -0.25) is 9.59 Å². The number of hydrogen-bond acceptors (Lipinski definition) is 6. The van der Waals surface area contributed by atoms with Gasteiger partial charge in [0.15, 0.2) is 11.5 Å². The average Bonchev–Trinajstić information content (AvgIpc) is 3.39. The first-order chi connectivity index (χ1) is 16.4. The van der Waals surface area contributed by atoms with E-state index in [0.717, 1.165) is 36.3 Å². The first-order valence-corrected chi connectivity index (χ1v) is 11.5. The number of carbonyl (C=O) groups is 2. The minimum absolute atomic E-state index is 0.0358. The molecule has 0 aromatic heterocycles. The molecule has 1 fully saturated rings. The number of carbonyl (C=O) groups excluding carboxylic acids is 2. The lowest BCUT2D eigenvalue weighted by Crippen LogP contribution is -2.49. The van der Waals surface area contributed by atoms with Crippen molar-refractivity contribution in [3.05, 3.63) is 53.6 Å². The Balaban J connectivity index is 1.76. The zero-order chi connectivity index (χ0) is 24.5. The van der Waals surface area contributed by atoms with Gasteiger partial charge in [-0.2, -0.15) is 0 Å². The van der Waals surface area contributed by atoms with Crippen molar-refractivity contribution in [2.75, 3.05) is 34.5 Å². The average molecular weight is 471 g/mol. The summed E-state index contributed by atoms with van der Waals surface area (Å²) < 4.78 is 21.5. The van der Waals surface area contributed by atoms with Gasteiger partial charge in [0.2, 0.25) is 11.8 Å². The highest BCUT2D eigenvalue weighted by molar-refractivity contribution is 5.88. The highest BCUT2D eigenvalue weighted by Crippen LogP contribution is 2.28. The van der Waals surface area contributed by atoms with Crippen LogP contribution in [0.25, 0.3) is 0 Å². The molecule has 1 aliphatic rings. The Kier molecular flexibility index (Phi) is 9.16. The summed E-state index contributed by atoms with van der Waals surface area (Å²) in [6.07, 6.45) is 2.10. The summed E-state index contributed by atoms with van der Waals surface area (Å²) in [5.74, 6) is 1.51. The quantitative estimate of drug-likeness (QED) is 0.544. The minimum Gasteiger partial charge on any atom is -0.497 e. The fourth-order valence-electron chi connectivity index (χ4n) is 3.94. The number of hydrogen-bond donors (Lipinski definition) is 1. The van der Waals surface area contributed by atoms with Crippen LogP contribution >= 0.6 is 0 Å². The molecule has 0 aliphatic carbocycles. The Hall–Kier alpha value is -3.26. The Morgan fingerprint density at radius 2 is 1.74 bits per heavy atom. The summed E-state index contributed by atoms with van der Waals surface area (Å²) in [6, 6.07) is 12.2. The van der Waals surface area contributed by atoms with Crippen molar-refractivity contribution in [1.82, 2.24) is 10.2 Å². The summed E-state index contributed by atoms with van der Waals surface area (Å²) in [5, 5.41) is 2.95. The molecule has 0 bridgehead atoms. The first kappa shape index (κ1) is 25.4. The molecule has 1 aliphatic heterocycles. The number of methoxy groups -OCH3 is 3. The predicted molar refractivity (Wildman–Crippen MR) is 128 cm³/mol. The molecule has 184 valence electrons. The maximum absolute atomic E-state index is 13.4. The molecular formula is C26H34N2O6. The van der Waals surface area contributed by atoms with Gasteiger partial charge < -0.3 is 29.2 Å². The van der Waals surface area contributed by atoms with Gasteiger partial charge in [0.05, 0.1) is 33.9 Å². The van der Waals surface area contributed by atoms with E-state index in [2.05, 4.69) is 5.32 Å². The van der Waals surface area contributed by atoms with Crippen LogP contribution in [0.1, 0.15) is 30.9 Å². The zero-order valence-corrected chi connectivity index (χ0v) is 20.3. The van der Waals surface area contributed by atoms with Gasteiger partial charge in [-0.05, 0) is 55.2 Å². The molecule has 1 heterocycles. The lowest BCUT2D eigenvalue weighted by molar-refractivity contribution is -0.140. The van der Waals surface area contributed by atoms with Crippen molar-refractivity contribution in [2.45, 2.75) is 44.9 Å².